The predicted octanol–water partition coefficient (Wildman–Crippen LogP) is 2.66. The highest BCUT2D eigenvalue weighted by atomic mass is 32.1. The number of hydrogen-bond acceptors (Lipinski definition) is 3. The lowest BCUT2D eigenvalue weighted by Crippen LogP contribution is -2.03. The summed E-state index contributed by atoms with van der Waals surface area (Å²) < 4.78 is 1.97. The molecule has 0 radical (unpaired) electrons. The summed E-state index contributed by atoms with van der Waals surface area (Å²) in [5.74, 6) is 0.624. The second-order valence-corrected chi connectivity index (χ2v) is 4.58. The molecule has 2 rings (SSSR count). The molecule has 0 atom stereocenters. The van der Waals surface area contributed by atoms with Crippen LogP contribution in [0.2, 0.25) is 0 Å². The van der Waals surface area contributed by atoms with Crippen molar-refractivity contribution in [2.75, 3.05) is 0 Å². The molecule has 0 aliphatic heterocycles. The van der Waals surface area contributed by atoms with E-state index in [1.165, 1.54) is 0 Å². The van der Waals surface area contributed by atoms with Crippen molar-refractivity contribution in [1.82, 2.24) is 14.8 Å². The van der Waals surface area contributed by atoms with Crippen LogP contribution >= 0.6 is 11.3 Å². The highest BCUT2D eigenvalue weighted by molar-refractivity contribution is 7.13. The molecule has 0 aromatic carbocycles. The number of nitrogens with zero attached hydrogens (tertiary/aromatic N) is 3. The van der Waals surface area contributed by atoms with Crippen molar-refractivity contribution in [2.24, 2.45) is 5.92 Å². The lowest BCUT2D eigenvalue weighted by molar-refractivity contribution is 0.483. The molecule has 3 nitrogen and oxygen atoms in total. The summed E-state index contributed by atoms with van der Waals surface area (Å²) >= 11 is 1.64. The molecule has 0 N–H and O–H groups in total. The van der Waals surface area contributed by atoms with E-state index in [-0.39, 0.29) is 0 Å². The smallest absolute Gasteiger partial charge is 0.126 e. The Balaban J connectivity index is 2.18. The van der Waals surface area contributed by atoms with E-state index in [4.69, 9.17) is 0 Å². The molecule has 0 aliphatic carbocycles. The normalized spacial score (nSPS) is 11.1. The van der Waals surface area contributed by atoms with Gasteiger partial charge in [-0.05, 0) is 5.92 Å². The first-order valence-corrected chi connectivity index (χ1v) is 5.56. The lowest BCUT2D eigenvalue weighted by atomic mass is 10.2. The van der Waals surface area contributed by atoms with Gasteiger partial charge in [-0.1, -0.05) is 13.8 Å². The Bertz CT molecular complexity index is 389. The Morgan fingerprint density at radius 1 is 1.50 bits per heavy atom. The third-order valence-electron chi connectivity index (χ3n) is 1.86. The van der Waals surface area contributed by atoms with E-state index in [0.29, 0.717) is 5.92 Å². The van der Waals surface area contributed by atoms with Gasteiger partial charge in [0.2, 0.25) is 0 Å². The van der Waals surface area contributed by atoms with Crippen LogP contribution in [0.1, 0.15) is 13.8 Å². The van der Waals surface area contributed by atoms with Crippen molar-refractivity contribution >= 4 is 11.3 Å². The van der Waals surface area contributed by atoms with Crippen LogP contribution in [0, 0.1) is 5.92 Å². The average molecular weight is 207 g/mol. The topological polar surface area (TPSA) is 30.7 Å². The molecule has 0 bridgehead atoms. The largest absolute Gasteiger partial charge is 0.272 e. The first-order valence-electron chi connectivity index (χ1n) is 4.68. The summed E-state index contributed by atoms with van der Waals surface area (Å²) in [6.07, 6.45) is 5.75. The van der Waals surface area contributed by atoms with Gasteiger partial charge in [-0.15, -0.1) is 11.3 Å². The fourth-order valence-electron chi connectivity index (χ4n) is 1.31. The summed E-state index contributed by atoms with van der Waals surface area (Å²) in [6, 6.07) is 0. The van der Waals surface area contributed by atoms with E-state index in [0.717, 1.165) is 17.1 Å². The molecule has 0 unspecified atom stereocenters. The summed E-state index contributed by atoms with van der Waals surface area (Å²) in [4.78, 5) is 4.24. The number of aromatic nitrogens is 3. The van der Waals surface area contributed by atoms with Gasteiger partial charge in [0.25, 0.3) is 0 Å². The van der Waals surface area contributed by atoms with Crippen molar-refractivity contribution in [3.8, 4) is 10.6 Å². The molecule has 2 aromatic rings. The summed E-state index contributed by atoms with van der Waals surface area (Å²) in [6.45, 7) is 5.33. The Kier molecular flexibility index (Phi) is 2.63. The minimum Gasteiger partial charge on any atom is -0.272 e. The van der Waals surface area contributed by atoms with Crippen molar-refractivity contribution in [3.05, 3.63) is 24.0 Å². The van der Waals surface area contributed by atoms with Gasteiger partial charge in [-0.2, -0.15) is 5.10 Å². The van der Waals surface area contributed by atoms with Gasteiger partial charge in [-0.3, -0.25) is 4.68 Å². The SMILES string of the molecule is CC(C)Cn1cc(-c2nccs2)cn1. The molecule has 2 aromatic heterocycles. The maximum Gasteiger partial charge on any atom is 0.126 e. The van der Waals surface area contributed by atoms with Crippen LogP contribution in [-0.4, -0.2) is 14.8 Å². The Morgan fingerprint density at radius 3 is 3.00 bits per heavy atom. The Morgan fingerprint density at radius 2 is 2.36 bits per heavy atom. The van der Waals surface area contributed by atoms with Gasteiger partial charge in [-0.25, -0.2) is 4.98 Å². The average Bonchev–Trinajstić information content (AvgIpc) is 2.69. The highest BCUT2D eigenvalue weighted by Gasteiger charge is 2.04. The molecule has 2 heterocycles. The fourth-order valence-corrected chi connectivity index (χ4v) is 1.93. The second-order valence-electron chi connectivity index (χ2n) is 3.68. The molecule has 0 spiro atoms. The van der Waals surface area contributed by atoms with Gasteiger partial charge in [0.05, 0.1) is 6.20 Å². The Hall–Kier alpha value is -1.16. The molecule has 74 valence electrons. The lowest BCUT2D eigenvalue weighted by Gasteiger charge is -2.02. The summed E-state index contributed by atoms with van der Waals surface area (Å²) in [5.41, 5.74) is 1.11. The summed E-state index contributed by atoms with van der Waals surface area (Å²) in [5, 5.41) is 7.32. The van der Waals surface area contributed by atoms with Crippen LogP contribution < -0.4 is 0 Å². The van der Waals surface area contributed by atoms with Crippen molar-refractivity contribution in [2.45, 2.75) is 20.4 Å². The van der Waals surface area contributed by atoms with Crippen LogP contribution in [0.4, 0.5) is 0 Å². The van der Waals surface area contributed by atoms with E-state index in [9.17, 15) is 0 Å². The van der Waals surface area contributed by atoms with Gasteiger partial charge < -0.3 is 0 Å². The second kappa shape index (κ2) is 3.92. The number of rotatable bonds is 3. The minimum absolute atomic E-state index is 0.624. The predicted molar refractivity (Wildman–Crippen MR) is 58.2 cm³/mol. The quantitative estimate of drug-likeness (QED) is 0.774. The van der Waals surface area contributed by atoms with E-state index < -0.39 is 0 Å². The molecule has 0 amide bonds. The standard InChI is InChI=1S/C10H13N3S/c1-8(2)6-13-7-9(5-12-13)10-11-3-4-14-10/h3-5,7-8H,6H2,1-2H3. The van der Waals surface area contributed by atoms with Crippen molar-refractivity contribution in [3.63, 3.8) is 0 Å². The Labute approximate surface area is 87.4 Å². The molecule has 0 saturated carbocycles. The van der Waals surface area contributed by atoms with E-state index in [2.05, 4.69) is 30.1 Å². The maximum atomic E-state index is 4.30. The van der Waals surface area contributed by atoms with Gasteiger partial charge >= 0.3 is 0 Å². The van der Waals surface area contributed by atoms with Crippen molar-refractivity contribution < 1.29 is 0 Å². The zero-order chi connectivity index (χ0) is 9.97. The molecule has 14 heavy (non-hydrogen) atoms. The van der Waals surface area contributed by atoms with E-state index in [1.807, 2.05) is 22.5 Å². The third-order valence-corrected chi connectivity index (χ3v) is 2.69. The zero-order valence-electron chi connectivity index (χ0n) is 8.34. The molecular formula is C10H13N3S. The van der Waals surface area contributed by atoms with Gasteiger partial charge in [0.1, 0.15) is 5.01 Å². The van der Waals surface area contributed by atoms with Crippen LogP contribution in [0.5, 0.6) is 0 Å². The van der Waals surface area contributed by atoms with Crippen LogP contribution in [0.25, 0.3) is 10.6 Å². The van der Waals surface area contributed by atoms with Gasteiger partial charge in [0, 0.05) is 29.9 Å². The first-order chi connectivity index (χ1) is 6.75. The molecule has 4 heteroatoms. The maximum absolute atomic E-state index is 4.30. The van der Waals surface area contributed by atoms with Gasteiger partial charge in [0.15, 0.2) is 0 Å². The van der Waals surface area contributed by atoms with Crippen molar-refractivity contribution in [1.29, 1.82) is 0 Å². The number of thiazole rings is 1. The van der Waals surface area contributed by atoms with E-state index in [1.54, 1.807) is 11.3 Å². The monoisotopic (exact) mass is 207 g/mol. The minimum atomic E-state index is 0.624. The molecule has 0 aliphatic rings. The highest BCUT2D eigenvalue weighted by Crippen LogP contribution is 2.20. The van der Waals surface area contributed by atoms with Crippen LogP contribution in [-0.2, 0) is 6.54 Å². The fraction of sp³-hybridized carbons (Fsp3) is 0.400. The summed E-state index contributed by atoms with van der Waals surface area (Å²) in [7, 11) is 0. The molecule has 0 fully saturated rings. The third kappa shape index (κ3) is 2.01. The van der Waals surface area contributed by atoms with Crippen LogP contribution in [0.3, 0.4) is 0 Å². The van der Waals surface area contributed by atoms with Crippen LogP contribution in [0.15, 0.2) is 24.0 Å². The molecule has 0 saturated heterocycles. The first kappa shape index (κ1) is 9.40. The zero-order valence-corrected chi connectivity index (χ0v) is 9.16. The number of hydrogen-bond donors (Lipinski definition) is 0. The van der Waals surface area contributed by atoms with E-state index >= 15 is 0 Å². The molecular weight excluding hydrogens is 194 g/mol.